The van der Waals surface area contributed by atoms with Gasteiger partial charge in [0.15, 0.2) is 0 Å². The fraction of sp³-hybridized carbons (Fsp3) is 0.750. The highest BCUT2D eigenvalue weighted by molar-refractivity contribution is 5.92. The fourth-order valence-electron chi connectivity index (χ4n) is 2.15. The first-order valence-electron chi connectivity index (χ1n) is 7.47. The van der Waals surface area contributed by atoms with E-state index in [1.165, 1.54) is 0 Å². The average molecular weight is 282 g/mol. The summed E-state index contributed by atoms with van der Waals surface area (Å²) < 4.78 is 10.9. The Hall–Kier alpha value is -1.32. The summed E-state index contributed by atoms with van der Waals surface area (Å²) in [5.74, 6) is 0.141. The standard InChI is InChI=1S/C16H26O4/c1-11(2)5-7-13-14(8-6-12(3)4)20-16(18)10-9-15(17)19-13/h9-14H,5-8H2,1-4H3/b10-9+. The first-order valence-corrected chi connectivity index (χ1v) is 7.47. The molecule has 0 N–H and O–H groups in total. The lowest BCUT2D eigenvalue weighted by atomic mass is 9.96. The smallest absolute Gasteiger partial charge is 0.331 e. The van der Waals surface area contributed by atoms with Crippen LogP contribution in [0.3, 0.4) is 0 Å². The molecule has 0 aromatic heterocycles. The first kappa shape index (κ1) is 16.7. The Morgan fingerprint density at radius 2 is 1.20 bits per heavy atom. The molecule has 0 saturated heterocycles. The van der Waals surface area contributed by atoms with Gasteiger partial charge >= 0.3 is 11.9 Å². The molecular formula is C16H26O4. The van der Waals surface area contributed by atoms with E-state index < -0.39 is 11.9 Å². The van der Waals surface area contributed by atoms with E-state index in [0.717, 1.165) is 37.8 Å². The molecule has 1 heterocycles. The van der Waals surface area contributed by atoms with Gasteiger partial charge in [-0.15, -0.1) is 0 Å². The molecule has 2 unspecified atom stereocenters. The lowest BCUT2D eigenvalue weighted by Crippen LogP contribution is -2.36. The second kappa shape index (κ2) is 8.08. The average Bonchev–Trinajstić information content (AvgIpc) is 2.35. The third-order valence-electron chi connectivity index (χ3n) is 3.36. The summed E-state index contributed by atoms with van der Waals surface area (Å²) in [4.78, 5) is 23.2. The van der Waals surface area contributed by atoms with Gasteiger partial charge in [-0.2, -0.15) is 0 Å². The second-order valence-electron chi connectivity index (χ2n) is 6.23. The van der Waals surface area contributed by atoms with Crippen LogP contribution in [0.4, 0.5) is 0 Å². The molecule has 1 aliphatic rings. The van der Waals surface area contributed by atoms with Crippen LogP contribution in [0.2, 0.25) is 0 Å². The van der Waals surface area contributed by atoms with Gasteiger partial charge in [0, 0.05) is 12.2 Å². The van der Waals surface area contributed by atoms with Crippen molar-refractivity contribution >= 4 is 11.9 Å². The molecule has 0 aliphatic carbocycles. The topological polar surface area (TPSA) is 52.6 Å². The van der Waals surface area contributed by atoms with Gasteiger partial charge < -0.3 is 9.47 Å². The van der Waals surface area contributed by atoms with Crippen LogP contribution in [0.1, 0.15) is 53.4 Å². The lowest BCUT2D eigenvalue weighted by molar-refractivity contribution is -0.165. The summed E-state index contributed by atoms with van der Waals surface area (Å²) in [7, 11) is 0. The van der Waals surface area contributed by atoms with Gasteiger partial charge in [0.2, 0.25) is 0 Å². The number of carbonyl (C=O) groups excluding carboxylic acids is 2. The summed E-state index contributed by atoms with van der Waals surface area (Å²) in [6.45, 7) is 8.50. The van der Waals surface area contributed by atoms with Crippen LogP contribution >= 0.6 is 0 Å². The number of rotatable bonds is 6. The van der Waals surface area contributed by atoms with Crippen molar-refractivity contribution in [3.8, 4) is 0 Å². The van der Waals surface area contributed by atoms with Crippen LogP contribution in [-0.2, 0) is 19.1 Å². The molecule has 0 aromatic carbocycles. The molecule has 4 heteroatoms. The van der Waals surface area contributed by atoms with Crippen molar-refractivity contribution in [2.45, 2.75) is 65.6 Å². The Morgan fingerprint density at radius 1 is 0.850 bits per heavy atom. The highest BCUT2D eigenvalue weighted by atomic mass is 16.6. The molecule has 4 nitrogen and oxygen atoms in total. The highest BCUT2D eigenvalue weighted by Gasteiger charge is 2.29. The Bertz CT molecular complexity index is 323. The Morgan fingerprint density at radius 3 is 1.50 bits per heavy atom. The summed E-state index contributed by atoms with van der Waals surface area (Å²) >= 11 is 0. The Labute approximate surface area is 121 Å². The number of ether oxygens (including phenoxy) is 2. The maximum absolute atomic E-state index is 11.6. The molecule has 0 spiro atoms. The predicted molar refractivity (Wildman–Crippen MR) is 77.0 cm³/mol. The van der Waals surface area contributed by atoms with Crippen LogP contribution in [-0.4, -0.2) is 24.1 Å². The van der Waals surface area contributed by atoms with Crippen molar-refractivity contribution in [2.75, 3.05) is 0 Å². The third kappa shape index (κ3) is 6.22. The van der Waals surface area contributed by atoms with E-state index in [1.54, 1.807) is 0 Å². The zero-order chi connectivity index (χ0) is 15.1. The van der Waals surface area contributed by atoms with Gasteiger partial charge in [0.05, 0.1) is 0 Å². The van der Waals surface area contributed by atoms with Gasteiger partial charge in [-0.1, -0.05) is 27.7 Å². The number of hydrogen-bond acceptors (Lipinski definition) is 4. The maximum Gasteiger partial charge on any atom is 0.331 e. The van der Waals surface area contributed by atoms with Crippen molar-refractivity contribution in [3.05, 3.63) is 12.2 Å². The van der Waals surface area contributed by atoms with E-state index in [-0.39, 0.29) is 12.2 Å². The monoisotopic (exact) mass is 282 g/mol. The Balaban J connectivity index is 2.75. The minimum absolute atomic E-state index is 0.336. The van der Waals surface area contributed by atoms with E-state index >= 15 is 0 Å². The van der Waals surface area contributed by atoms with Crippen LogP contribution in [0.15, 0.2) is 12.2 Å². The van der Waals surface area contributed by atoms with Crippen LogP contribution < -0.4 is 0 Å². The van der Waals surface area contributed by atoms with Crippen LogP contribution in [0.5, 0.6) is 0 Å². The van der Waals surface area contributed by atoms with E-state index in [0.29, 0.717) is 11.8 Å². The number of carbonyl (C=O) groups is 2. The van der Waals surface area contributed by atoms with Crippen molar-refractivity contribution in [1.82, 2.24) is 0 Å². The molecule has 114 valence electrons. The largest absolute Gasteiger partial charge is 0.455 e. The molecule has 0 saturated carbocycles. The minimum Gasteiger partial charge on any atom is -0.455 e. The van der Waals surface area contributed by atoms with Crippen LogP contribution in [0.25, 0.3) is 0 Å². The van der Waals surface area contributed by atoms with Crippen molar-refractivity contribution < 1.29 is 19.1 Å². The van der Waals surface area contributed by atoms with Crippen molar-refractivity contribution in [3.63, 3.8) is 0 Å². The van der Waals surface area contributed by atoms with Gasteiger partial charge in [-0.25, -0.2) is 9.59 Å². The third-order valence-corrected chi connectivity index (χ3v) is 3.36. The Kier molecular flexibility index (Phi) is 6.76. The van der Waals surface area contributed by atoms with Gasteiger partial charge in [0.25, 0.3) is 0 Å². The zero-order valence-corrected chi connectivity index (χ0v) is 12.9. The van der Waals surface area contributed by atoms with E-state index in [9.17, 15) is 9.59 Å². The minimum atomic E-state index is -0.454. The first-order chi connectivity index (χ1) is 9.38. The zero-order valence-electron chi connectivity index (χ0n) is 12.9. The van der Waals surface area contributed by atoms with Crippen molar-refractivity contribution in [2.24, 2.45) is 11.8 Å². The summed E-state index contributed by atoms with van der Waals surface area (Å²) in [6.07, 6.45) is 4.96. The number of esters is 2. The molecule has 1 rings (SSSR count). The molecular weight excluding hydrogens is 256 g/mol. The summed E-state index contributed by atoms with van der Waals surface area (Å²) in [5.41, 5.74) is 0. The summed E-state index contributed by atoms with van der Waals surface area (Å²) in [6, 6.07) is 0. The molecule has 0 aromatic rings. The quantitative estimate of drug-likeness (QED) is 0.702. The SMILES string of the molecule is CC(C)CCC1OC(=O)/C=C/C(=O)OC1CCC(C)C. The van der Waals surface area contributed by atoms with Gasteiger partial charge in [0.1, 0.15) is 12.2 Å². The van der Waals surface area contributed by atoms with E-state index in [1.807, 2.05) is 0 Å². The molecule has 0 radical (unpaired) electrons. The predicted octanol–water partition coefficient (Wildman–Crippen LogP) is 3.25. The maximum atomic E-state index is 11.6. The molecule has 20 heavy (non-hydrogen) atoms. The van der Waals surface area contributed by atoms with E-state index in [4.69, 9.17) is 9.47 Å². The molecule has 1 aliphatic heterocycles. The van der Waals surface area contributed by atoms with Gasteiger partial charge in [-0.3, -0.25) is 0 Å². The molecule has 2 atom stereocenters. The highest BCUT2D eigenvalue weighted by Crippen LogP contribution is 2.22. The molecule has 0 amide bonds. The summed E-state index contributed by atoms with van der Waals surface area (Å²) in [5, 5.41) is 0. The normalized spacial score (nSPS) is 25.1. The van der Waals surface area contributed by atoms with Crippen LogP contribution in [0, 0.1) is 11.8 Å². The second-order valence-corrected chi connectivity index (χ2v) is 6.23. The lowest BCUT2D eigenvalue weighted by Gasteiger charge is -2.28. The molecule has 0 bridgehead atoms. The van der Waals surface area contributed by atoms with Gasteiger partial charge in [-0.05, 0) is 37.5 Å². The number of cyclic esters (lactones) is 2. The van der Waals surface area contributed by atoms with E-state index in [2.05, 4.69) is 27.7 Å². The fourth-order valence-corrected chi connectivity index (χ4v) is 2.15. The van der Waals surface area contributed by atoms with Crippen molar-refractivity contribution in [1.29, 1.82) is 0 Å². The molecule has 0 fully saturated rings. The number of hydrogen-bond donors (Lipinski definition) is 0.